The molecule has 4 aromatic carbocycles. The summed E-state index contributed by atoms with van der Waals surface area (Å²) in [4.78, 5) is 17.5. The molecule has 6 nitrogen and oxygen atoms in total. The topological polar surface area (TPSA) is 82.8 Å². The van der Waals surface area contributed by atoms with Crippen molar-refractivity contribution in [3.05, 3.63) is 131 Å². The summed E-state index contributed by atoms with van der Waals surface area (Å²) in [5.74, 6) is 0.398. The molecule has 0 amide bonds. The van der Waals surface area contributed by atoms with Crippen LogP contribution in [0, 0.1) is 11.3 Å². The maximum Gasteiger partial charge on any atom is 0.346 e. The van der Waals surface area contributed by atoms with Crippen LogP contribution in [0.25, 0.3) is 37.4 Å². The Balaban J connectivity index is 1.16. The normalized spacial score (nSPS) is 11.8. The Morgan fingerprint density at radius 1 is 0.723 bits per heavy atom. The van der Waals surface area contributed by atoms with E-state index >= 15 is 0 Å². The standard InChI is InChI=1S/C39H28N2O4S2/c1-44-31-9-4-28(5-10-31)41(29-6-11-32(45-2)12-7-29)30-8-15-35-26(21-30)20-25-19-24(3-14-34(25)35)36-17-18-38(47-36)37-16-13-33(46-37)22-27(23-40)39(42)43/h3-19,21-22H,20H2,1-2H3,(H,42,43)/b27-22-. The average molecular weight is 653 g/mol. The number of carboxylic acid groups (broad SMARTS) is 1. The van der Waals surface area contributed by atoms with Crippen LogP contribution in [0.2, 0.25) is 0 Å². The highest BCUT2D eigenvalue weighted by atomic mass is 32.1. The zero-order chi connectivity index (χ0) is 32.5. The molecule has 1 aliphatic carbocycles. The minimum Gasteiger partial charge on any atom is -0.497 e. The summed E-state index contributed by atoms with van der Waals surface area (Å²) >= 11 is 3.18. The number of carbonyl (C=O) groups is 1. The number of nitrogens with zero attached hydrogens (tertiary/aromatic N) is 2. The highest BCUT2D eigenvalue weighted by Crippen LogP contribution is 2.45. The number of carboxylic acids is 1. The minimum absolute atomic E-state index is 0.273. The van der Waals surface area contributed by atoms with Crippen molar-refractivity contribution < 1.29 is 19.4 Å². The van der Waals surface area contributed by atoms with E-state index in [0.29, 0.717) is 0 Å². The molecule has 6 aromatic rings. The van der Waals surface area contributed by atoms with Crippen LogP contribution >= 0.6 is 22.7 Å². The van der Waals surface area contributed by atoms with Crippen LogP contribution < -0.4 is 14.4 Å². The lowest BCUT2D eigenvalue weighted by Crippen LogP contribution is -2.10. The molecular formula is C39H28N2O4S2. The Morgan fingerprint density at radius 3 is 1.89 bits per heavy atom. The van der Waals surface area contributed by atoms with Crippen LogP contribution in [-0.2, 0) is 11.2 Å². The van der Waals surface area contributed by atoms with Gasteiger partial charge in [0.2, 0.25) is 0 Å². The molecule has 7 rings (SSSR count). The third-order valence-corrected chi connectivity index (χ3v) is 10.5. The Labute approximate surface area is 280 Å². The van der Waals surface area contributed by atoms with Gasteiger partial charge in [0.05, 0.1) is 14.2 Å². The van der Waals surface area contributed by atoms with Gasteiger partial charge >= 0.3 is 5.97 Å². The lowest BCUT2D eigenvalue weighted by molar-refractivity contribution is -0.132. The molecule has 0 atom stereocenters. The van der Waals surface area contributed by atoms with E-state index in [1.807, 2.05) is 36.4 Å². The molecule has 0 bridgehead atoms. The number of benzene rings is 4. The quantitative estimate of drug-likeness (QED) is 0.123. The van der Waals surface area contributed by atoms with Gasteiger partial charge in [-0.3, -0.25) is 0 Å². The van der Waals surface area contributed by atoms with Crippen LogP contribution in [0.5, 0.6) is 11.5 Å². The molecule has 47 heavy (non-hydrogen) atoms. The largest absolute Gasteiger partial charge is 0.497 e. The Bertz CT molecular complexity index is 2140. The first-order valence-corrected chi connectivity index (χ1v) is 16.5. The maximum absolute atomic E-state index is 11.2. The zero-order valence-electron chi connectivity index (χ0n) is 25.6. The van der Waals surface area contributed by atoms with E-state index in [0.717, 1.165) is 49.6 Å². The van der Waals surface area contributed by atoms with Crippen LogP contribution in [0.15, 0.2) is 115 Å². The fourth-order valence-electron chi connectivity index (χ4n) is 5.87. The maximum atomic E-state index is 11.2. The Kier molecular flexibility index (Phi) is 8.08. The number of methoxy groups -OCH3 is 2. The van der Waals surface area contributed by atoms with Crippen molar-refractivity contribution in [1.82, 2.24) is 0 Å². The van der Waals surface area contributed by atoms with Gasteiger partial charge in [-0.05, 0) is 131 Å². The summed E-state index contributed by atoms with van der Waals surface area (Å²) in [6.45, 7) is 0. The van der Waals surface area contributed by atoms with Gasteiger partial charge in [0.25, 0.3) is 0 Å². The molecule has 0 unspecified atom stereocenters. The fraction of sp³-hybridized carbons (Fsp3) is 0.0769. The summed E-state index contributed by atoms with van der Waals surface area (Å²) in [6.07, 6.45) is 2.26. The molecule has 0 spiro atoms. The number of ether oxygens (including phenoxy) is 2. The predicted octanol–water partition coefficient (Wildman–Crippen LogP) is 10.2. The molecule has 230 valence electrons. The molecule has 0 aliphatic heterocycles. The third-order valence-electron chi connectivity index (χ3n) is 8.18. The summed E-state index contributed by atoms with van der Waals surface area (Å²) in [5.41, 5.74) is 9.12. The molecule has 1 aliphatic rings. The van der Waals surface area contributed by atoms with E-state index in [-0.39, 0.29) is 5.57 Å². The van der Waals surface area contributed by atoms with Gasteiger partial charge in [-0.1, -0.05) is 18.2 Å². The number of anilines is 3. The van der Waals surface area contributed by atoms with Crippen LogP contribution in [-0.4, -0.2) is 25.3 Å². The molecule has 1 N–H and O–H groups in total. The van der Waals surface area contributed by atoms with E-state index in [1.54, 1.807) is 31.6 Å². The van der Waals surface area contributed by atoms with E-state index in [1.165, 1.54) is 50.1 Å². The van der Waals surface area contributed by atoms with Gasteiger partial charge in [0, 0.05) is 36.6 Å². The van der Waals surface area contributed by atoms with Crippen molar-refractivity contribution in [1.29, 1.82) is 5.26 Å². The second kappa shape index (κ2) is 12.6. The van der Waals surface area contributed by atoms with Gasteiger partial charge in [-0.2, -0.15) is 5.26 Å². The number of hydrogen-bond acceptors (Lipinski definition) is 7. The van der Waals surface area contributed by atoms with Crippen molar-refractivity contribution in [3.63, 3.8) is 0 Å². The highest BCUT2D eigenvalue weighted by Gasteiger charge is 2.22. The number of thiophene rings is 2. The minimum atomic E-state index is -1.22. The number of rotatable bonds is 9. The summed E-state index contributed by atoms with van der Waals surface area (Å²) < 4.78 is 10.8. The van der Waals surface area contributed by atoms with Crippen molar-refractivity contribution in [2.24, 2.45) is 0 Å². The molecule has 0 fully saturated rings. The van der Waals surface area contributed by atoms with Gasteiger partial charge in [0.1, 0.15) is 23.1 Å². The van der Waals surface area contributed by atoms with E-state index in [2.05, 4.69) is 77.7 Å². The second-order valence-corrected chi connectivity index (χ2v) is 13.2. The predicted molar refractivity (Wildman–Crippen MR) is 190 cm³/mol. The first kappa shape index (κ1) is 30.1. The Morgan fingerprint density at radius 2 is 1.28 bits per heavy atom. The van der Waals surface area contributed by atoms with Crippen molar-refractivity contribution in [2.45, 2.75) is 6.42 Å². The van der Waals surface area contributed by atoms with Crippen LogP contribution in [0.3, 0.4) is 0 Å². The van der Waals surface area contributed by atoms with E-state index in [9.17, 15) is 9.90 Å². The first-order chi connectivity index (χ1) is 22.9. The van der Waals surface area contributed by atoms with Crippen molar-refractivity contribution in [2.75, 3.05) is 19.1 Å². The second-order valence-electron chi connectivity index (χ2n) is 11.0. The summed E-state index contributed by atoms with van der Waals surface area (Å²) in [5, 5.41) is 18.3. The first-order valence-electron chi connectivity index (χ1n) is 14.8. The highest BCUT2D eigenvalue weighted by molar-refractivity contribution is 7.24. The third kappa shape index (κ3) is 5.90. The summed E-state index contributed by atoms with van der Waals surface area (Å²) in [7, 11) is 3.35. The zero-order valence-corrected chi connectivity index (χ0v) is 27.2. The van der Waals surface area contributed by atoms with Gasteiger partial charge < -0.3 is 19.5 Å². The molecular weight excluding hydrogens is 625 g/mol. The van der Waals surface area contributed by atoms with Gasteiger partial charge in [-0.25, -0.2) is 4.79 Å². The SMILES string of the molecule is COc1ccc(N(c2ccc(OC)cc2)c2ccc3c(c2)Cc2cc(-c4ccc(-c5ccc(/C=C(/C#N)C(=O)O)s5)s4)ccc2-3)cc1. The monoisotopic (exact) mass is 652 g/mol. The van der Waals surface area contributed by atoms with E-state index < -0.39 is 5.97 Å². The lowest BCUT2D eigenvalue weighted by Gasteiger charge is -2.26. The molecule has 0 saturated heterocycles. The van der Waals surface area contributed by atoms with Crippen LogP contribution in [0.1, 0.15) is 16.0 Å². The fourth-order valence-corrected chi connectivity index (χ4v) is 7.92. The molecule has 2 aromatic heterocycles. The summed E-state index contributed by atoms with van der Waals surface area (Å²) in [6, 6.07) is 39.4. The lowest BCUT2D eigenvalue weighted by atomic mass is 10.0. The number of fused-ring (bicyclic) bond motifs is 3. The van der Waals surface area contributed by atoms with Crippen molar-refractivity contribution >= 4 is 51.8 Å². The van der Waals surface area contributed by atoms with E-state index in [4.69, 9.17) is 14.7 Å². The molecule has 0 radical (unpaired) electrons. The van der Waals surface area contributed by atoms with Crippen molar-refractivity contribution in [3.8, 4) is 48.9 Å². The molecule has 8 heteroatoms. The number of aliphatic carboxylic acids is 1. The number of hydrogen-bond donors (Lipinski definition) is 1. The van der Waals surface area contributed by atoms with Crippen LogP contribution in [0.4, 0.5) is 17.1 Å². The molecule has 2 heterocycles. The van der Waals surface area contributed by atoms with Gasteiger partial charge in [0.15, 0.2) is 0 Å². The van der Waals surface area contributed by atoms with Gasteiger partial charge in [-0.15, -0.1) is 22.7 Å². The number of nitriles is 1. The Hall–Kier alpha value is -5.62. The molecule has 0 saturated carbocycles. The average Bonchev–Trinajstić information content (AvgIpc) is 3.86. The smallest absolute Gasteiger partial charge is 0.346 e.